The number of carbonyl (C=O) groups is 1. The van der Waals surface area contributed by atoms with Crippen LogP contribution < -0.4 is 0 Å². The lowest BCUT2D eigenvalue weighted by Crippen LogP contribution is -2.09. The van der Waals surface area contributed by atoms with Gasteiger partial charge in [0.25, 0.3) is 6.43 Å². The molecule has 6 heteroatoms. The molecule has 0 unspecified atom stereocenters. The van der Waals surface area contributed by atoms with Crippen molar-refractivity contribution in [2.24, 2.45) is 0 Å². The number of carboxylic acid groups (broad SMARTS) is 1. The largest absolute Gasteiger partial charge is 0.481 e. The molecule has 1 heterocycles. The van der Waals surface area contributed by atoms with Crippen LogP contribution in [-0.2, 0) is 17.1 Å². The number of halogens is 3. The summed E-state index contributed by atoms with van der Waals surface area (Å²) >= 11 is 5.51. The summed E-state index contributed by atoms with van der Waals surface area (Å²) in [6.07, 6.45) is -3.22. The molecule has 0 radical (unpaired) electrons. The summed E-state index contributed by atoms with van der Waals surface area (Å²) in [5.74, 6) is -1.32. The first kappa shape index (κ1) is 12.8. The molecule has 0 saturated carbocycles. The maximum Gasteiger partial charge on any atom is 0.307 e. The molecule has 16 heavy (non-hydrogen) atoms. The summed E-state index contributed by atoms with van der Waals surface area (Å²) in [5, 5.41) is 8.63. The van der Waals surface area contributed by atoms with E-state index in [0.29, 0.717) is 5.69 Å². The van der Waals surface area contributed by atoms with Crippen molar-refractivity contribution in [3.05, 3.63) is 28.6 Å². The van der Waals surface area contributed by atoms with Gasteiger partial charge in [0.2, 0.25) is 0 Å². The second kappa shape index (κ2) is 5.21. The quantitative estimate of drug-likeness (QED) is 0.835. The molecule has 0 bridgehead atoms. The number of alkyl halides is 3. The van der Waals surface area contributed by atoms with Crippen molar-refractivity contribution in [2.45, 2.75) is 25.7 Å². The zero-order chi connectivity index (χ0) is 12.3. The van der Waals surface area contributed by atoms with Gasteiger partial charge in [0.1, 0.15) is 0 Å². The van der Waals surface area contributed by atoms with Crippen LogP contribution in [0.3, 0.4) is 0 Å². The number of aromatic nitrogens is 1. The summed E-state index contributed by atoms with van der Waals surface area (Å²) in [4.78, 5) is 14.4. The molecule has 0 aliphatic carbocycles. The Hall–Kier alpha value is -1.23. The SMILES string of the molecule is Cc1cc(CC(=O)O)c(C(F)F)c(CCl)n1. The summed E-state index contributed by atoms with van der Waals surface area (Å²) < 4.78 is 25.5. The number of rotatable bonds is 4. The van der Waals surface area contributed by atoms with Crippen molar-refractivity contribution in [3.8, 4) is 0 Å². The van der Waals surface area contributed by atoms with E-state index in [9.17, 15) is 13.6 Å². The van der Waals surface area contributed by atoms with Crippen LogP contribution in [0.5, 0.6) is 0 Å². The van der Waals surface area contributed by atoms with E-state index in [1.165, 1.54) is 6.07 Å². The van der Waals surface area contributed by atoms with Crippen LogP contribution >= 0.6 is 11.6 Å². The molecular weight excluding hydrogens is 240 g/mol. The maximum absolute atomic E-state index is 12.8. The fourth-order valence-electron chi connectivity index (χ4n) is 1.50. The predicted molar refractivity (Wildman–Crippen MR) is 54.8 cm³/mol. The number of aryl methyl sites for hydroxylation is 1. The Morgan fingerprint density at radius 2 is 2.25 bits per heavy atom. The molecule has 1 aromatic heterocycles. The van der Waals surface area contributed by atoms with E-state index in [0.717, 1.165) is 0 Å². The Morgan fingerprint density at radius 3 is 2.69 bits per heavy atom. The number of aliphatic carboxylic acids is 1. The number of hydrogen-bond donors (Lipinski definition) is 1. The van der Waals surface area contributed by atoms with Gasteiger partial charge < -0.3 is 5.11 Å². The van der Waals surface area contributed by atoms with Crippen molar-refractivity contribution in [2.75, 3.05) is 0 Å². The smallest absolute Gasteiger partial charge is 0.307 e. The predicted octanol–water partition coefficient (Wildman–Crippen LogP) is 2.69. The fourth-order valence-corrected chi connectivity index (χ4v) is 1.70. The third-order valence-corrected chi connectivity index (χ3v) is 2.29. The fraction of sp³-hybridized carbons (Fsp3) is 0.400. The van der Waals surface area contributed by atoms with E-state index in [2.05, 4.69) is 4.98 Å². The molecule has 0 amide bonds. The zero-order valence-electron chi connectivity index (χ0n) is 8.51. The lowest BCUT2D eigenvalue weighted by atomic mass is 10.0. The molecule has 0 spiro atoms. The number of carboxylic acids is 1. The van der Waals surface area contributed by atoms with Crippen LogP contribution in [0.25, 0.3) is 0 Å². The van der Waals surface area contributed by atoms with Gasteiger partial charge in [0.05, 0.1) is 18.0 Å². The van der Waals surface area contributed by atoms with Gasteiger partial charge in [-0.1, -0.05) is 0 Å². The average Bonchev–Trinajstić information content (AvgIpc) is 2.14. The molecule has 88 valence electrons. The minimum absolute atomic E-state index is 0.0490. The van der Waals surface area contributed by atoms with Gasteiger partial charge in [0.15, 0.2) is 0 Å². The summed E-state index contributed by atoms with van der Waals surface area (Å²) in [6, 6.07) is 1.35. The minimum atomic E-state index is -2.77. The normalized spacial score (nSPS) is 10.8. The highest BCUT2D eigenvalue weighted by Crippen LogP contribution is 2.28. The average molecular weight is 250 g/mol. The van der Waals surface area contributed by atoms with Gasteiger partial charge in [-0.25, -0.2) is 8.78 Å². The Bertz CT molecular complexity index is 410. The monoisotopic (exact) mass is 249 g/mol. The molecule has 3 nitrogen and oxygen atoms in total. The van der Waals surface area contributed by atoms with Crippen molar-refractivity contribution < 1.29 is 18.7 Å². The van der Waals surface area contributed by atoms with E-state index >= 15 is 0 Å². The Kier molecular flexibility index (Phi) is 4.18. The van der Waals surface area contributed by atoms with Crippen LogP contribution in [0.2, 0.25) is 0 Å². The van der Waals surface area contributed by atoms with Crippen molar-refractivity contribution >= 4 is 17.6 Å². The number of pyridine rings is 1. The van der Waals surface area contributed by atoms with Crippen LogP contribution in [0, 0.1) is 6.92 Å². The first-order valence-corrected chi connectivity index (χ1v) is 5.04. The van der Waals surface area contributed by atoms with E-state index < -0.39 is 18.8 Å². The second-order valence-electron chi connectivity index (χ2n) is 3.29. The highest BCUT2D eigenvalue weighted by Gasteiger charge is 2.20. The Labute approximate surface area is 96.1 Å². The maximum atomic E-state index is 12.8. The van der Waals surface area contributed by atoms with Crippen LogP contribution in [-0.4, -0.2) is 16.1 Å². The number of hydrogen-bond acceptors (Lipinski definition) is 2. The summed E-state index contributed by atoms with van der Waals surface area (Å²) in [5.41, 5.74) is 0.248. The highest BCUT2D eigenvalue weighted by molar-refractivity contribution is 6.17. The first-order chi connectivity index (χ1) is 7.45. The zero-order valence-corrected chi connectivity index (χ0v) is 9.26. The first-order valence-electron chi connectivity index (χ1n) is 4.51. The molecule has 0 aliphatic rings. The van der Waals surface area contributed by atoms with E-state index in [4.69, 9.17) is 16.7 Å². The van der Waals surface area contributed by atoms with Crippen molar-refractivity contribution in [3.63, 3.8) is 0 Å². The molecule has 0 fully saturated rings. The van der Waals surface area contributed by atoms with E-state index in [-0.39, 0.29) is 22.7 Å². The summed E-state index contributed by atoms with van der Waals surface area (Å²) in [6.45, 7) is 1.61. The number of nitrogens with zero attached hydrogens (tertiary/aromatic N) is 1. The third-order valence-electron chi connectivity index (χ3n) is 2.04. The van der Waals surface area contributed by atoms with Gasteiger partial charge in [0, 0.05) is 11.3 Å². The topological polar surface area (TPSA) is 50.2 Å². The molecule has 0 saturated heterocycles. The molecule has 1 aromatic rings. The molecule has 1 rings (SSSR count). The van der Waals surface area contributed by atoms with Gasteiger partial charge in [-0.2, -0.15) is 0 Å². The van der Waals surface area contributed by atoms with E-state index in [1.54, 1.807) is 6.92 Å². The van der Waals surface area contributed by atoms with Crippen LogP contribution in [0.15, 0.2) is 6.07 Å². The van der Waals surface area contributed by atoms with Gasteiger partial charge in [-0.05, 0) is 18.6 Å². The standard InChI is InChI=1S/C10H10ClF2NO2/c1-5-2-6(3-8(15)16)9(10(12)13)7(4-11)14-5/h2,10H,3-4H2,1H3,(H,15,16). The van der Waals surface area contributed by atoms with Crippen molar-refractivity contribution in [1.29, 1.82) is 0 Å². The van der Waals surface area contributed by atoms with Gasteiger partial charge in [-0.3, -0.25) is 9.78 Å². The van der Waals surface area contributed by atoms with Gasteiger partial charge >= 0.3 is 5.97 Å². The molecule has 0 atom stereocenters. The molecular formula is C10H10ClF2NO2. The molecule has 0 aromatic carbocycles. The van der Waals surface area contributed by atoms with Gasteiger partial charge in [-0.15, -0.1) is 11.6 Å². The molecule has 1 N–H and O–H groups in total. The van der Waals surface area contributed by atoms with Crippen LogP contribution in [0.4, 0.5) is 8.78 Å². The third kappa shape index (κ3) is 2.88. The lowest BCUT2D eigenvalue weighted by Gasteiger charge is -2.12. The van der Waals surface area contributed by atoms with Crippen molar-refractivity contribution in [1.82, 2.24) is 4.98 Å². The van der Waals surface area contributed by atoms with Crippen LogP contribution in [0.1, 0.15) is 28.9 Å². The Morgan fingerprint density at radius 1 is 1.62 bits per heavy atom. The molecule has 0 aliphatic heterocycles. The lowest BCUT2D eigenvalue weighted by molar-refractivity contribution is -0.136. The summed E-state index contributed by atoms with van der Waals surface area (Å²) in [7, 11) is 0. The highest BCUT2D eigenvalue weighted by atomic mass is 35.5. The van der Waals surface area contributed by atoms with E-state index in [1.807, 2.05) is 0 Å². The minimum Gasteiger partial charge on any atom is -0.481 e. The Balaban J connectivity index is 3.32. The second-order valence-corrected chi connectivity index (χ2v) is 3.56.